The number of rotatable bonds is 4. The summed E-state index contributed by atoms with van der Waals surface area (Å²) in [7, 11) is 3.53. The predicted octanol–water partition coefficient (Wildman–Crippen LogP) is 2.26. The SMILES string of the molecule is COc1ccc(N(C)c2cc(/C(N)=N/O)cc(C)n2)cc1. The second kappa shape index (κ2) is 6.13. The number of aryl methyl sites for hydroxylation is 1. The molecule has 0 spiro atoms. The zero-order valence-corrected chi connectivity index (χ0v) is 12.2. The largest absolute Gasteiger partial charge is 0.497 e. The van der Waals surface area contributed by atoms with Gasteiger partial charge in [0.2, 0.25) is 0 Å². The molecule has 1 aromatic carbocycles. The van der Waals surface area contributed by atoms with Gasteiger partial charge < -0.3 is 20.6 Å². The topological polar surface area (TPSA) is 84.0 Å². The standard InChI is InChI=1S/C15H18N4O2/c1-10-8-11(15(16)18-20)9-14(17-10)19(2)12-4-6-13(21-3)7-5-12/h4-9,20H,1-3H3,(H2,16,18). The van der Waals surface area contributed by atoms with E-state index >= 15 is 0 Å². The first-order chi connectivity index (χ1) is 10.0. The number of hydrogen-bond acceptors (Lipinski definition) is 5. The number of benzene rings is 1. The van der Waals surface area contributed by atoms with Crippen molar-refractivity contribution in [1.82, 2.24) is 4.98 Å². The van der Waals surface area contributed by atoms with Crippen molar-refractivity contribution in [2.24, 2.45) is 10.9 Å². The third kappa shape index (κ3) is 3.22. The van der Waals surface area contributed by atoms with Gasteiger partial charge in [-0.3, -0.25) is 0 Å². The lowest BCUT2D eigenvalue weighted by atomic mass is 10.2. The highest BCUT2D eigenvalue weighted by Gasteiger charge is 2.10. The fourth-order valence-electron chi connectivity index (χ4n) is 1.97. The molecular formula is C15H18N4O2. The van der Waals surface area contributed by atoms with Gasteiger partial charge in [0.15, 0.2) is 5.84 Å². The molecule has 2 rings (SSSR count). The van der Waals surface area contributed by atoms with Crippen LogP contribution >= 0.6 is 0 Å². The first-order valence-corrected chi connectivity index (χ1v) is 6.39. The summed E-state index contributed by atoms with van der Waals surface area (Å²) in [5.41, 5.74) is 8.02. The lowest BCUT2D eigenvalue weighted by molar-refractivity contribution is 0.318. The molecule has 0 saturated heterocycles. The monoisotopic (exact) mass is 286 g/mol. The van der Waals surface area contributed by atoms with Gasteiger partial charge in [-0.15, -0.1) is 0 Å². The molecule has 1 aromatic heterocycles. The van der Waals surface area contributed by atoms with E-state index in [0.29, 0.717) is 11.4 Å². The Morgan fingerprint density at radius 3 is 2.52 bits per heavy atom. The number of aromatic nitrogens is 1. The summed E-state index contributed by atoms with van der Waals surface area (Å²) < 4.78 is 5.14. The van der Waals surface area contributed by atoms with Crippen LogP contribution in [0.4, 0.5) is 11.5 Å². The van der Waals surface area contributed by atoms with Crippen LogP contribution in [-0.2, 0) is 0 Å². The van der Waals surface area contributed by atoms with E-state index in [2.05, 4.69) is 10.1 Å². The fraction of sp³-hybridized carbons (Fsp3) is 0.200. The molecule has 0 amide bonds. The average Bonchev–Trinajstić information content (AvgIpc) is 2.52. The van der Waals surface area contributed by atoms with Gasteiger partial charge in [0.25, 0.3) is 0 Å². The number of nitrogens with two attached hydrogens (primary N) is 1. The van der Waals surface area contributed by atoms with Crippen LogP contribution in [0.5, 0.6) is 5.75 Å². The molecule has 0 fully saturated rings. The minimum atomic E-state index is 0.0601. The van der Waals surface area contributed by atoms with Crippen molar-refractivity contribution in [2.45, 2.75) is 6.92 Å². The van der Waals surface area contributed by atoms with Crippen molar-refractivity contribution in [3.63, 3.8) is 0 Å². The molecule has 0 aliphatic rings. The van der Waals surface area contributed by atoms with E-state index < -0.39 is 0 Å². The molecule has 1 heterocycles. The Bertz CT molecular complexity index is 653. The number of amidine groups is 1. The van der Waals surface area contributed by atoms with E-state index in [1.54, 1.807) is 19.2 Å². The normalized spacial score (nSPS) is 11.3. The Labute approximate surface area is 123 Å². The lowest BCUT2D eigenvalue weighted by Crippen LogP contribution is -2.17. The van der Waals surface area contributed by atoms with Crippen LogP contribution in [0.15, 0.2) is 41.6 Å². The summed E-state index contributed by atoms with van der Waals surface area (Å²) in [6.45, 7) is 1.86. The maximum Gasteiger partial charge on any atom is 0.170 e. The minimum Gasteiger partial charge on any atom is -0.497 e. The number of methoxy groups -OCH3 is 1. The van der Waals surface area contributed by atoms with Crippen molar-refractivity contribution >= 4 is 17.3 Å². The molecule has 110 valence electrons. The van der Waals surface area contributed by atoms with E-state index in [4.69, 9.17) is 15.7 Å². The number of oxime groups is 1. The van der Waals surface area contributed by atoms with Gasteiger partial charge in [-0.2, -0.15) is 0 Å². The molecule has 0 aliphatic carbocycles. The van der Waals surface area contributed by atoms with Crippen LogP contribution in [0.25, 0.3) is 0 Å². The summed E-state index contributed by atoms with van der Waals surface area (Å²) in [5, 5.41) is 11.8. The molecule has 0 unspecified atom stereocenters. The Morgan fingerprint density at radius 2 is 1.95 bits per heavy atom. The highest BCUT2D eigenvalue weighted by atomic mass is 16.5. The summed E-state index contributed by atoms with van der Waals surface area (Å²) in [6, 6.07) is 11.2. The Hall–Kier alpha value is -2.76. The highest BCUT2D eigenvalue weighted by molar-refractivity contribution is 5.97. The molecule has 0 saturated carbocycles. The second-order valence-corrected chi connectivity index (χ2v) is 4.60. The number of ether oxygens (including phenoxy) is 1. The van der Waals surface area contributed by atoms with Gasteiger partial charge in [0, 0.05) is 24.0 Å². The summed E-state index contributed by atoms with van der Waals surface area (Å²) in [4.78, 5) is 6.39. The smallest absolute Gasteiger partial charge is 0.170 e. The van der Waals surface area contributed by atoms with Crippen LogP contribution in [0.3, 0.4) is 0 Å². The number of pyridine rings is 1. The van der Waals surface area contributed by atoms with Gasteiger partial charge in [0.05, 0.1) is 7.11 Å². The Balaban J connectivity index is 2.37. The van der Waals surface area contributed by atoms with Gasteiger partial charge in [0.1, 0.15) is 11.6 Å². The third-order valence-electron chi connectivity index (χ3n) is 3.15. The predicted molar refractivity (Wildman–Crippen MR) is 82.5 cm³/mol. The van der Waals surface area contributed by atoms with Crippen LogP contribution in [0, 0.1) is 6.92 Å². The zero-order valence-electron chi connectivity index (χ0n) is 12.2. The molecule has 0 atom stereocenters. The van der Waals surface area contributed by atoms with Crippen molar-refractivity contribution < 1.29 is 9.94 Å². The molecule has 0 aliphatic heterocycles. The van der Waals surface area contributed by atoms with Gasteiger partial charge in [-0.25, -0.2) is 4.98 Å². The maximum atomic E-state index is 8.80. The van der Waals surface area contributed by atoms with Crippen LogP contribution in [0.1, 0.15) is 11.3 Å². The maximum absolute atomic E-state index is 8.80. The first kappa shape index (κ1) is 14.6. The van der Waals surface area contributed by atoms with Gasteiger partial charge in [-0.1, -0.05) is 5.16 Å². The number of nitrogens with zero attached hydrogens (tertiary/aromatic N) is 3. The number of anilines is 2. The summed E-state index contributed by atoms with van der Waals surface area (Å²) in [5.74, 6) is 1.56. The summed E-state index contributed by atoms with van der Waals surface area (Å²) in [6.07, 6.45) is 0. The number of hydrogen-bond donors (Lipinski definition) is 2. The first-order valence-electron chi connectivity index (χ1n) is 6.39. The molecule has 6 nitrogen and oxygen atoms in total. The molecule has 6 heteroatoms. The quantitative estimate of drug-likeness (QED) is 0.390. The Kier molecular flexibility index (Phi) is 4.27. The van der Waals surface area contributed by atoms with Crippen LogP contribution < -0.4 is 15.4 Å². The van der Waals surface area contributed by atoms with Crippen molar-refractivity contribution in [3.05, 3.63) is 47.7 Å². The van der Waals surface area contributed by atoms with Gasteiger partial charge >= 0.3 is 0 Å². The molecular weight excluding hydrogens is 268 g/mol. The van der Waals surface area contributed by atoms with E-state index in [1.165, 1.54) is 0 Å². The molecule has 3 N–H and O–H groups in total. The van der Waals surface area contributed by atoms with Crippen molar-refractivity contribution in [3.8, 4) is 5.75 Å². The lowest BCUT2D eigenvalue weighted by Gasteiger charge is -2.20. The minimum absolute atomic E-state index is 0.0601. The molecule has 21 heavy (non-hydrogen) atoms. The Morgan fingerprint density at radius 1 is 1.29 bits per heavy atom. The van der Waals surface area contributed by atoms with E-state index in [0.717, 1.165) is 17.1 Å². The highest BCUT2D eigenvalue weighted by Crippen LogP contribution is 2.25. The zero-order chi connectivity index (χ0) is 15.4. The van der Waals surface area contributed by atoms with Crippen molar-refractivity contribution in [1.29, 1.82) is 0 Å². The summed E-state index contributed by atoms with van der Waals surface area (Å²) >= 11 is 0. The third-order valence-corrected chi connectivity index (χ3v) is 3.15. The van der Waals surface area contributed by atoms with Crippen LogP contribution in [-0.4, -0.2) is 30.2 Å². The second-order valence-electron chi connectivity index (χ2n) is 4.60. The van der Waals surface area contributed by atoms with E-state index in [1.807, 2.05) is 43.1 Å². The average molecular weight is 286 g/mol. The fourth-order valence-corrected chi connectivity index (χ4v) is 1.97. The van der Waals surface area contributed by atoms with Crippen LogP contribution in [0.2, 0.25) is 0 Å². The molecule has 0 radical (unpaired) electrons. The molecule has 2 aromatic rings. The van der Waals surface area contributed by atoms with Crippen molar-refractivity contribution in [2.75, 3.05) is 19.1 Å². The molecule has 0 bridgehead atoms. The van der Waals surface area contributed by atoms with E-state index in [-0.39, 0.29) is 5.84 Å². The van der Waals surface area contributed by atoms with Gasteiger partial charge in [-0.05, 0) is 43.3 Å². The van der Waals surface area contributed by atoms with E-state index in [9.17, 15) is 0 Å².